The number of nitrogens with one attached hydrogen (secondary N) is 1. The molecule has 1 saturated heterocycles. The van der Waals surface area contributed by atoms with Crippen molar-refractivity contribution in [2.45, 2.75) is 39.3 Å². The maximum Gasteiger partial charge on any atom is 0.156 e. The van der Waals surface area contributed by atoms with Gasteiger partial charge in [0.15, 0.2) is 5.17 Å². The largest absolute Gasteiger partial charge is 0.377 e. The SMILES string of the molecule is CCOC(C)CN=C1NC(C)CCS1. The molecule has 1 rings (SSSR count). The van der Waals surface area contributed by atoms with Crippen LogP contribution in [0.1, 0.15) is 27.2 Å². The van der Waals surface area contributed by atoms with Crippen molar-refractivity contribution in [1.82, 2.24) is 5.32 Å². The van der Waals surface area contributed by atoms with Gasteiger partial charge in [0, 0.05) is 18.4 Å². The second-order valence-corrected chi connectivity index (χ2v) is 4.68. The Bertz CT molecular complexity index is 197. The first kappa shape index (κ1) is 11.9. The van der Waals surface area contributed by atoms with Gasteiger partial charge in [0.2, 0.25) is 0 Å². The molecule has 1 N–H and O–H groups in total. The molecule has 1 aliphatic heterocycles. The van der Waals surface area contributed by atoms with E-state index in [1.807, 2.05) is 18.7 Å². The molecule has 1 aliphatic rings. The highest BCUT2D eigenvalue weighted by Gasteiger charge is 2.12. The molecule has 2 atom stereocenters. The summed E-state index contributed by atoms with van der Waals surface area (Å²) >= 11 is 1.81. The molecule has 0 amide bonds. The minimum absolute atomic E-state index is 0.229. The van der Waals surface area contributed by atoms with Gasteiger partial charge in [-0.25, -0.2) is 0 Å². The van der Waals surface area contributed by atoms with Crippen molar-refractivity contribution in [3.63, 3.8) is 0 Å². The van der Waals surface area contributed by atoms with Crippen molar-refractivity contribution in [2.75, 3.05) is 18.9 Å². The first-order chi connectivity index (χ1) is 6.72. The summed E-state index contributed by atoms with van der Waals surface area (Å²) in [5.74, 6) is 1.18. The van der Waals surface area contributed by atoms with Crippen LogP contribution in [-0.4, -0.2) is 36.2 Å². The molecule has 0 aromatic carbocycles. The van der Waals surface area contributed by atoms with Crippen LogP contribution in [0.15, 0.2) is 4.99 Å². The van der Waals surface area contributed by atoms with Crippen LogP contribution in [0.3, 0.4) is 0 Å². The Hall–Kier alpha value is -0.220. The van der Waals surface area contributed by atoms with Crippen molar-refractivity contribution in [3.05, 3.63) is 0 Å². The average Bonchev–Trinajstić information content (AvgIpc) is 2.15. The van der Waals surface area contributed by atoms with E-state index < -0.39 is 0 Å². The van der Waals surface area contributed by atoms with Gasteiger partial charge in [-0.05, 0) is 27.2 Å². The van der Waals surface area contributed by atoms with E-state index in [-0.39, 0.29) is 6.10 Å². The third kappa shape index (κ3) is 4.33. The van der Waals surface area contributed by atoms with Crippen molar-refractivity contribution < 1.29 is 4.74 Å². The summed E-state index contributed by atoms with van der Waals surface area (Å²) in [4.78, 5) is 4.50. The van der Waals surface area contributed by atoms with Gasteiger partial charge < -0.3 is 10.1 Å². The smallest absolute Gasteiger partial charge is 0.156 e. The summed E-state index contributed by atoms with van der Waals surface area (Å²) in [6.07, 6.45) is 1.46. The fourth-order valence-electron chi connectivity index (χ4n) is 1.30. The Labute approximate surface area is 90.7 Å². The summed E-state index contributed by atoms with van der Waals surface area (Å²) in [6, 6.07) is 0.567. The number of hydrogen-bond acceptors (Lipinski definition) is 3. The van der Waals surface area contributed by atoms with Gasteiger partial charge in [-0.15, -0.1) is 0 Å². The van der Waals surface area contributed by atoms with E-state index >= 15 is 0 Å². The first-order valence-electron chi connectivity index (χ1n) is 5.27. The van der Waals surface area contributed by atoms with E-state index in [1.165, 1.54) is 12.2 Å². The van der Waals surface area contributed by atoms with Gasteiger partial charge in [0.1, 0.15) is 0 Å². The van der Waals surface area contributed by atoms with Crippen molar-refractivity contribution in [2.24, 2.45) is 4.99 Å². The average molecular weight is 216 g/mol. The quantitative estimate of drug-likeness (QED) is 0.779. The van der Waals surface area contributed by atoms with Crippen LogP contribution >= 0.6 is 11.8 Å². The molecule has 0 bridgehead atoms. The summed E-state index contributed by atoms with van der Waals surface area (Å²) in [5.41, 5.74) is 0. The molecule has 0 saturated carbocycles. The molecular formula is C10H20N2OS. The zero-order valence-electron chi connectivity index (χ0n) is 9.25. The van der Waals surface area contributed by atoms with Crippen molar-refractivity contribution in [1.29, 1.82) is 0 Å². The van der Waals surface area contributed by atoms with E-state index in [1.54, 1.807) is 0 Å². The molecule has 82 valence electrons. The van der Waals surface area contributed by atoms with E-state index in [9.17, 15) is 0 Å². The van der Waals surface area contributed by atoms with E-state index in [0.29, 0.717) is 6.04 Å². The molecule has 0 radical (unpaired) electrons. The predicted octanol–water partition coefficient (Wildman–Crippen LogP) is 1.88. The van der Waals surface area contributed by atoms with Crippen LogP contribution in [0, 0.1) is 0 Å². The molecule has 0 aromatic rings. The molecule has 14 heavy (non-hydrogen) atoms. The van der Waals surface area contributed by atoms with Gasteiger partial charge in [-0.3, -0.25) is 4.99 Å². The molecule has 0 spiro atoms. The minimum atomic E-state index is 0.229. The Morgan fingerprint density at radius 2 is 2.50 bits per heavy atom. The topological polar surface area (TPSA) is 33.6 Å². The number of rotatable bonds is 4. The molecule has 0 aromatic heterocycles. The highest BCUT2D eigenvalue weighted by atomic mass is 32.2. The zero-order valence-corrected chi connectivity index (χ0v) is 10.1. The minimum Gasteiger partial charge on any atom is -0.377 e. The molecular weight excluding hydrogens is 196 g/mol. The third-order valence-electron chi connectivity index (χ3n) is 2.10. The van der Waals surface area contributed by atoms with Crippen LogP contribution < -0.4 is 5.32 Å². The zero-order chi connectivity index (χ0) is 10.4. The molecule has 4 heteroatoms. The maximum atomic E-state index is 5.42. The number of amidine groups is 1. The second kappa shape index (κ2) is 6.30. The summed E-state index contributed by atoms with van der Waals surface area (Å²) in [6.45, 7) is 7.80. The van der Waals surface area contributed by atoms with Gasteiger partial charge in [-0.1, -0.05) is 11.8 Å². The monoisotopic (exact) mass is 216 g/mol. The van der Waals surface area contributed by atoms with Crippen molar-refractivity contribution in [3.8, 4) is 0 Å². The van der Waals surface area contributed by atoms with Gasteiger partial charge >= 0.3 is 0 Å². The summed E-state index contributed by atoms with van der Waals surface area (Å²) < 4.78 is 5.42. The highest BCUT2D eigenvalue weighted by Crippen LogP contribution is 2.13. The van der Waals surface area contributed by atoms with Gasteiger partial charge in [0.25, 0.3) is 0 Å². The number of nitrogens with zero attached hydrogens (tertiary/aromatic N) is 1. The second-order valence-electron chi connectivity index (χ2n) is 3.59. The lowest BCUT2D eigenvalue weighted by atomic mass is 10.3. The fourth-order valence-corrected chi connectivity index (χ4v) is 2.41. The number of hydrogen-bond donors (Lipinski definition) is 1. The van der Waals surface area contributed by atoms with Gasteiger partial charge in [-0.2, -0.15) is 0 Å². The number of thioether (sulfide) groups is 1. The lowest BCUT2D eigenvalue weighted by molar-refractivity contribution is 0.0829. The van der Waals surface area contributed by atoms with Crippen LogP contribution in [0.5, 0.6) is 0 Å². The molecule has 1 heterocycles. The Morgan fingerprint density at radius 3 is 3.14 bits per heavy atom. The lowest BCUT2D eigenvalue weighted by Crippen LogP contribution is -2.36. The van der Waals surface area contributed by atoms with Crippen LogP contribution in [0.2, 0.25) is 0 Å². The Kier molecular flexibility index (Phi) is 5.33. The van der Waals surface area contributed by atoms with Crippen molar-refractivity contribution >= 4 is 16.9 Å². The predicted molar refractivity (Wildman–Crippen MR) is 63.1 cm³/mol. The summed E-state index contributed by atoms with van der Waals surface area (Å²) in [5, 5.41) is 4.45. The Balaban J connectivity index is 2.28. The standard InChI is InChI=1S/C10H20N2OS/c1-4-13-9(3)7-11-10-12-8(2)5-6-14-10/h8-9H,4-7H2,1-3H3,(H,11,12). The van der Waals surface area contributed by atoms with Crippen LogP contribution in [0.25, 0.3) is 0 Å². The highest BCUT2D eigenvalue weighted by molar-refractivity contribution is 8.13. The molecule has 2 unspecified atom stereocenters. The third-order valence-corrected chi connectivity index (χ3v) is 3.06. The van der Waals surface area contributed by atoms with Crippen LogP contribution in [0.4, 0.5) is 0 Å². The normalized spacial score (nSPS) is 27.4. The Morgan fingerprint density at radius 1 is 1.71 bits per heavy atom. The van der Waals surface area contributed by atoms with E-state index in [4.69, 9.17) is 4.74 Å². The van der Waals surface area contributed by atoms with Crippen LogP contribution in [-0.2, 0) is 4.74 Å². The maximum absolute atomic E-state index is 5.42. The fraction of sp³-hybridized carbons (Fsp3) is 0.900. The molecule has 0 aliphatic carbocycles. The molecule has 3 nitrogen and oxygen atoms in total. The molecule has 1 fully saturated rings. The first-order valence-corrected chi connectivity index (χ1v) is 6.26. The van der Waals surface area contributed by atoms with E-state index in [2.05, 4.69) is 24.2 Å². The lowest BCUT2D eigenvalue weighted by Gasteiger charge is -2.22. The van der Waals surface area contributed by atoms with E-state index in [0.717, 1.165) is 18.3 Å². The summed E-state index contributed by atoms with van der Waals surface area (Å²) in [7, 11) is 0. The number of aliphatic imine (C=N–C) groups is 1. The number of ether oxygens (including phenoxy) is 1. The van der Waals surface area contributed by atoms with Gasteiger partial charge in [0.05, 0.1) is 12.6 Å².